The predicted octanol–water partition coefficient (Wildman–Crippen LogP) is 3.07. The van der Waals surface area contributed by atoms with Gasteiger partial charge in [0, 0.05) is 48.7 Å². The maximum absolute atomic E-state index is 12.4. The molecule has 6 nitrogen and oxygen atoms in total. The molecule has 0 unspecified atom stereocenters. The van der Waals surface area contributed by atoms with Crippen molar-refractivity contribution in [1.29, 1.82) is 0 Å². The van der Waals surface area contributed by atoms with Crippen LogP contribution in [0.4, 0.5) is 5.69 Å². The molecule has 0 atom stereocenters. The highest BCUT2D eigenvalue weighted by molar-refractivity contribution is 7.09. The second kappa shape index (κ2) is 9.39. The minimum atomic E-state index is -0.292. The maximum Gasteiger partial charge on any atom is 0.271 e. The van der Waals surface area contributed by atoms with Crippen molar-refractivity contribution in [2.75, 3.05) is 37.6 Å². The van der Waals surface area contributed by atoms with Crippen LogP contribution in [-0.4, -0.2) is 54.4 Å². The Morgan fingerprint density at radius 2 is 1.86 bits per heavy atom. The minimum absolute atomic E-state index is 0.00316. The van der Waals surface area contributed by atoms with Crippen molar-refractivity contribution >= 4 is 40.4 Å². The summed E-state index contributed by atoms with van der Waals surface area (Å²) < 4.78 is 0. The first-order chi connectivity index (χ1) is 13.4. The number of carbonyl (C=O) groups excluding carboxylic acids is 2. The van der Waals surface area contributed by atoms with Crippen molar-refractivity contribution in [3.05, 3.63) is 45.4 Å². The number of thiazole rings is 1. The summed E-state index contributed by atoms with van der Waals surface area (Å²) in [5.74, 6) is 0.135. The van der Waals surface area contributed by atoms with E-state index < -0.39 is 0 Å². The van der Waals surface area contributed by atoms with Gasteiger partial charge in [-0.1, -0.05) is 25.4 Å². The summed E-state index contributed by atoms with van der Waals surface area (Å²) in [4.78, 5) is 33.0. The van der Waals surface area contributed by atoms with Crippen molar-refractivity contribution in [3.63, 3.8) is 0 Å². The summed E-state index contributed by atoms with van der Waals surface area (Å²) in [6.45, 7) is 7.01. The topological polar surface area (TPSA) is 65.5 Å². The molecule has 0 radical (unpaired) electrons. The Morgan fingerprint density at radius 3 is 2.50 bits per heavy atom. The van der Waals surface area contributed by atoms with Crippen molar-refractivity contribution in [2.24, 2.45) is 5.92 Å². The van der Waals surface area contributed by atoms with Gasteiger partial charge in [0.15, 0.2) is 0 Å². The highest BCUT2D eigenvalue weighted by atomic mass is 35.5. The van der Waals surface area contributed by atoms with Crippen LogP contribution in [0.25, 0.3) is 0 Å². The third-order valence-corrected chi connectivity index (χ3v) is 5.71. The Labute approximate surface area is 174 Å². The Bertz CT molecular complexity index is 814. The van der Waals surface area contributed by atoms with Gasteiger partial charge in [0.05, 0.1) is 11.6 Å². The molecule has 0 saturated carbocycles. The lowest BCUT2D eigenvalue weighted by Gasteiger charge is -2.36. The van der Waals surface area contributed by atoms with Gasteiger partial charge in [0.25, 0.3) is 5.91 Å². The number of benzene rings is 1. The Hall–Kier alpha value is -2.12. The summed E-state index contributed by atoms with van der Waals surface area (Å²) in [6, 6.07) is 7.72. The third kappa shape index (κ3) is 5.45. The van der Waals surface area contributed by atoms with Crippen LogP contribution in [0.15, 0.2) is 29.6 Å². The molecule has 8 heteroatoms. The Morgan fingerprint density at radius 1 is 1.18 bits per heavy atom. The second-order valence-corrected chi connectivity index (χ2v) is 8.63. The normalized spacial score (nSPS) is 14.4. The van der Waals surface area contributed by atoms with Crippen molar-refractivity contribution in [3.8, 4) is 0 Å². The van der Waals surface area contributed by atoms with E-state index in [-0.39, 0.29) is 18.4 Å². The van der Waals surface area contributed by atoms with E-state index in [1.54, 1.807) is 10.3 Å². The molecule has 1 N–H and O–H groups in total. The van der Waals surface area contributed by atoms with E-state index in [2.05, 4.69) is 29.0 Å². The van der Waals surface area contributed by atoms with Gasteiger partial charge < -0.3 is 15.1 Å². The van der Waals surface area contributed by atoms with Gasteiger partial charge in [0.1, 0.15) is 5.69 Å². The molecular weight excluding hydrogens is 396 g/mol. The van der Waals surface area contributed by atoms with Gasteiger partial charge in [-0.2, -0.15) is 0 Å². The van der Waals surface area contributed by atoms with Crippen molar-refractivity contribution in [1.82, 2.24) is 15.2 Å². The molecule has 0 aliphatic carbocycles. The quantitative estimate of drug-likeness (QED) is 0.779. The van der Waals surface area contributed by atoms with Gasteiger partial charge in [-0.3, -0.25) is 9.59 Å². The number of aromatic nitrogens is 1. The molecule has 3 rings (SSSR count). The van der Waals surface area contributed by atoms with E-state index in [0.29, 0.717) is 29.7 Å². The number of piperazine rings is 1. The summed E-state index contributed by atoms with van der Waals surface area (Å²) in [5.41, 5.74) is 1.49. The number of amides is 2. The van der Waals surface area contributed by atoms with Gasteiger partial charge in [-0.25, -0.2) is 4.98 Å². The Kier molecular flexibility index (Phi) is 6.91. The molecule has 1 aromatic carbocycles. The van der Waals surface area contributed by atoms with E-state index in [1.165, 1.54) is 11.3 Å². The Balaban J connectivity index is 1.44. The van der Waals surface area contributed by atoms with E-state index >= 15 is 0 Å². The number of anilines is 1. The molecule has 2 amide bonds. The van der Waals surface area contributed by atoms with Crippen molar-refractivity contribution in [2.45, 2.75) is 20.3 Å². The third-order valence-electron chi connectivity index (χ3n) is 4.59. The van der Waals surface area contributed by atoms with E-state index in [9.17, 15) is 9.59 Å². The zero-order valence-electron chi connectivity index (χ0n) is 16.2. The van der Waals surface area contributed by atoms with Gasteiger partial charge in [0.2, 0.25) is 5.91 Å². The fraction of sp³-hybridized carbons (Fsp3) is 0.450. The van der Waals surface area contributed by atoms with Crippen LogP contribution in [0, 0.1) is 5.92 Å². The molecular formula is C20H25ClN4O2S. The molecule has 0 bridgehead atoms. The van der Waals surface area contributed by atoms with Gasteiger partial charge in [-0.05, 0) is 30.2 Å². The lowest BCUT2D eigenvalue weighted by atomic mass is 10.1. The van der Waals surface area contributed by atoms with E-state index in [4.69, 9.17) is 11.6 Å². The summed E-state index contributed by atoms with van der Waals surface area (Å²) in [6.07, 6.45) is 0.856. The number of hydrogen-bond acceptors (Lipinski definition) is 5. The highest BCUT2D eigenvalue weighted by Crippen LogP contribution is 2.19. The lowest BCUT2D eigenvalue weighted by Crippen LogP contribution is -2.51. The predicted molar refractivity (Wildman–Crippen MR) is 113 cm³/mol. The fourth-order valence-electron chi connectivity index (χ4n) is 3.08. The SMILES string of the molecule is CC(C)Cc1nc(C(=O)NCC(=O)N2CCN(c3ccc(Cl)cc3)CC2)cs1. The number of carbonyl (C=O) groups is 2. The molecule has 1 fully saturated rings. The first-order valence-electron chi connectivity index (χ1n) is 9.43. The fourth-order valence-corrected chi connectivity index (χ4v) is 4.20. The number of hydrogen-bond donors (Lipinski definition) is 1. The van der Waals surface area contributed by atoms with Gasteiger partial charge >= 0.3 is 0 Å². The highest BCUT2D eigenvalue weighted by Gasteiger charge is 2.22. The zero-order valence-corrected chi connectivity index (χ0v) is 17.7. The van der Waals surface area contributed by atoms with Crippen LogP contribution in [0.5, 0.6) is 0 Å². The van der Waals surface area contributed by atoms with Crippen LogP contribution < -0.4 is 10.2 Å². The largest absolute Gasteiger partial charge is 0.368 e. The molecule has 2 aromatic rings. The number of nitrogens with zero attached hydrogens (tertiary/aromatic N) is 3. The smallest absolute Gasteiger partial charge is 0.271 e. The van der Waals surface area contributed by atoms with Crippen LogP contribution in [0.3, 0.4) is 0 Å². The molecule has 150 valence electrons. The molecule has 28 heavy (non-hydrogen) atoms. The number of rotatable bonds is 6. The minimum Gasteiger partial charge on any atom is -0.368 e. The molecule has 1 aliphatic heterocycles. The molecule has 0 spiro atoms. The van der Waals surface area contributed by atoms with Crippen LogP contribution >= 0.6 is 22.9 Å². The van der Waals surface area contributed by atoms with Crippen LogP contribution in [0.1, 0.15) is 29.3 Å². The van der Waals surface area contributed by atoms with Crippen molar-refractivity contribution < 1.29 is 9.59 Å². The average Bonchev–Trinajstić information content (AvgIpc) is 3.14. The monoisotopic (exact) mass is 420 g/mol. The molecule has 1 saturated heterocycles. The van der Waals surface area contributed by atoms with Crippen LogP contribution in [0.2, 0.25) is 5.02 Å². The standard InChI is InChI=1S/C20H25ClN4O2S/c1-14(2)11-18-23-17(13-28-18)20(27)22-12-19(26)25-9-7-24(8-10-25)16-5-3-15(21)4-6-16/h3-6,13-14H,7-12H2,1-2H3,(H,22,27). The molecule has 1 aliphatic rings. The average molecular weight is 421 g/mol. The second-order valence-electron chi connectivity index (χ2n) is 7.25. The first kappa shape index (κ1) is 20.6. The van der Waals surface area contributed by atoms with E-state index in [0.717, 1.165) is 30.2 Å². The zero-order chi connectivity index (χ0) is 20.1. The van der Waals surface area contributed by atoms with Crippen LogP contribution in [-0.2, 0) is 11.2 Å². The summed E-state index contributed by atoms with van der Waals surface area (Å²) >= 11 is 7.42. The molecule has 2 heterocycles. The molecule has 1 aromatic heterocycles. The van der Waals surface area contributed by atoms with E-state index in [1.807, 2.05) is 24.3 Å². The number of halogens is 1. The first-order valence-corrected chi connectivity index (χ1v) is 10.7. The summed E-state index contributed by atoms with van der Waals surface area (Å²) in [7, 11) is 0. The van der Waals surface area contributed by atoms with Gasteiger partial charge in [-0.15, -0.1) is 11.3 Å². The lowest BCUT2D eigenvalue weighted by molar-refractivity contribution is -0.130. The summed E-state index contributed by atoms with van der Waals surface area (Å²) in [5, 5.41) is 6.11. The maximum atomic E-state index is 12.4. The number of nitrogens with one attached hydrogen (secondary N) is 1.